The van der Waals surface area contributed by atoms with Gasteiger partial charge in [0.1, 0.15) is 10.1 Å². The molecule has 1 heterocycles. The van der Waals surface area contributed by atoms with Gasteiger partial charge < -0.3 is 0 Å². The molecule has 7 heteroatoms. The second-order valence-corrected chi connectivity index (χ2v) is 6.24. The number of halogens is 3. The van der Waals surface area contributed by atoms with Crippen LogP contribution in [0, 0.1) is 0 Å². The average molecular weight is 329 g/mol. The van der Waals surface area contributed by atoms with Crippen molar-refractivity contribution < 1.29 is 18.0 Å². The first-order valence-electron chi connectivity index (χ1n) is 5.83. The van der Waals surface area contributed by atoms with E-state index < -0.39 is 11.7 Å². The molecule has 2 nitrogen and oxygen atoms in total. The number of benzene rings is 1. The van der Waals surface area contributed by atoms with Crippen molar-refractivity contribution in [1.29, 1.82) is 0 Å². The number of carbonyl (C=O) groups excluding carboxylic acids is 1. The summed E-state index contributed by atoms with van der Waals surface area (Å²) < 4.78 is 38.0. The molecule has 0 N–H and O–H groups in total. The summed E-state index contributed by atoms with van der Waals surface area (Å²) in [5, 5.41) is -0.207. The number of hydrogen-bond donors (Lipinski definition) is 0. The molecule has 1 aromatic carbocycles. The van der Waals surface area contributed by atoms with E-state index in [1.165, 1.54) is 30.0 Å². The highest BCUT2D eigenvalue weighted by atomic mass is 32.2. The van der Waals surface area contributed by atoms with Gasteiger partial charge in [0, 0.05) is 5.75 Å². The van der Waals surface area contributed by atoms with Gasteiger partial charge in [-0.25, -0.2) is 4.99 Å². The van der Waals surface area contributed by atoms with E-state index in [1.54, 1.807) is 6.08 Å². The summed E-state index contributed by atoms with van der Waals surface area (Å²) in [4.78, 5) is 15.9. The van der Waals surface area contributed by atoms with Crippen molar-refractivity contribution in [2.45, 2.75) is 6.18 Å². The summed E-state index contributed by atoms with van der Waals surface area (Å²) in [6, 6.07) is 4.60. The standard InChI is InChI=1S/C14H10F3NOS2/c1-2-7-20-13-18-11(12(19)21-13)8-9-3-5-10(6-4-9)14(15,16)17/h2-6,8H,1,7H2/b11-8+. The molecule has 0 bridgehead atoms. The molecule has 2 rings (SSSR count). The lowest BCUT2D eigenvalue weighted by molar-refractivity contribution is -0.137. The minimum absolute atomic E-state index is 0.207. The lowest BCUT2D eigenvalue weighted by atomic mass is 10.1. The van der Waals surface area contributed by atoms with Gasteiger partial charge >= 0.3 is 6.18 Å². The molecule has 1 aliphatic rings. The maximum Gasteiger partial charge on any atom is 0.416 e. The average Bonchev–Trinajstić information content (AvgIpc) is 2.76. The molecule has 0 aromatic heterocycles. The van der Waals surface area contributed by atoms with Crippen LogP contribution in [0.15, 0.2) is 47.6 Å². The predicted octanol–water partition coefficient (Wildman–Crippen LogP) is 4.59. The molecule has 0 fully saturated rings. The first kappa shape index (κ1) is 15.9. The summed E-state index contributed by atoms with van der Waals surface area (Å²) in [7, 11) is 0. The Morgan fingerprint density at radius 3 is 2.52 bits per heavy atom. The van der Waals surface area contributed by atoms with Crippen LogP contribution in [0.4, 0.5) is 13.2 Å². The fourth-order valence-corrected chi connectivity index (χ4v) is 3.11. The third-order valence-electron chi connectivity index (χ3n) is 2.47. The molecule has 0 aliphatic carbocycles. The highest BCUT2D eigenvalue weighted by Gasteiger charge is 2.30. The van der Waals surface area contributed by atoms with Gasteiger partial charge in [-0.1, -0.05) is 30.0 Å². The Bertz CT molecular complexity index is 618. The molecule has 21 heavy (non-hydrogen) atoms. The zero-order valence-electron chi connectivity index (χ0n) is 10.7. The van der Waals surface area contributed by atoms with Crippen molar-refractivity contribution in [3.8, 4) is 0 Å². The third kappa shape index (κ3) is 4.25. The normalized spacial score (nSPS) is 17.2. The lowest BCUT2D eigenvalue weighted by Crippen LogP contribution is -2.04. The molecule has 110 valence electrons. The SMILES string of the molecule is C=CCSC1=N/C(=C/c2ccc(C(F)(F)F)cc2)C(=O)S1. The van der Waals surface area contributed by atoms with Crippen molar-refractivity contribution in [2.75, 3.05) is 5.75 Å². The van der Waals surface area contributed by atoms with Crippen molar-refractivity contribution in [2.24, 2.45) is 4.99 Å². The molecule has 0 saturated carbocycles. The van der Waals surface area contributed by atoms with E-state index in [2.05, 4.69) is 11.6 Å². The van der Waals surface area contributed by atoms with Crippen LogP contribution in [0.1, 0.15) is 11.1 Å². The Morgan fingerprint density at radius 1 is 1.29 bits per heavy atom. The molecule has 0 unspecified atom stereocenters. The van der Waals surface area contributed by atoms with Gasteiger partial charge in [0.2, 0.25) is 5.12 Å². The molecule has 1 aromatic rings. The first-order valence-corrected chi connectivity index (χ1v) is 7.64. The minimum atomic E-state index is -4.36. The highest BCUT2D eigenvalue weighted by Crippen LogP contribution is 2.32. The highest BCUT2D eigenvalue weighted by molar-refractivity contribution is 8.45. The van der Waals surface area contributed by atoms with E-state index in [-0.39, 0.29) is 10.8 Å². The molecular formula is C14H10F3NOS2. The lowest BCUT2D eigenvalue weighted by Gasteiger charge is -2.05. The van der Waals surface area contributed by atoms with Gasteiger partial charge in [-0.05, 0) is 35.5 Å². The van der Waals surface area contributed by atoms with Crippen LogP contribution in [-0.4, -0.2) is 15.2 Å². The van der Waals surface area contributed by atoms with Crippen LogP contribution in [0.2, 0.25) is 0 Å². The Kier molecular flexibility index (Phi) is 4.95. The van der Waals surface area contributed by atoms with Crippen LogP contribution in [-0.2, 0) is 11.0 Å². The zero-order chi connectivity index (χ0) is 15.5. The van der Waals surface area contributed by atoms with Gasteiger partial charge in [-0.3, -0.25) is 4.79 Å². The largest absolute Gasteiger partial charge is 0.416 e. The van der Waals surface area contributed by atoms with Crippen molar-refractivity contribution in [3.63, 3.8) is 0 Å². The van der Waals surface area contributed by atoms with Crippen molar-refractivity contribution in [1.82, 2.24) is 0 Å². The predicted molar refractivity (Wildman–Crippen MR) is 82.1 cm³/mol. The molecule has 0 amide bonds. The smallest absolute Gasteiger partial charge is 0.279 e. The van der Waals surface area contributed by atoms with Crippen molar-refractivity contribution >= 4 is 39.1 Å². The number of nitrogens with zero attached hydrogens (tertiary/aromatic N) is 1. The number of carbonyl (C=O) groups is 1. The molecule has 0 saturated heterocycles. The van der Waals surface area contributed by atoms with E-state index in [0.717, 1.165) is 23.9 Å². The van der Waals surface area contributed by atoms with E-state index in [0.29, 0.717) is 15.7 Å². The number of thioether (sulfide) groups is 2. The van der Waals surface area contributed by atoms with Crippen LogP contribution >= 0.6 is 23.5 Å². The van der Waals surface area contributed by atoms with Crippen LogP contribution in [0.5, 0.6) is 0 Å². The topological polar surface area (TPSA) is 29.4 Å². The van der Waals surface area contributed by atoms with Gasteiger partial charge in [-0.15, -0.1) is 6.58 Å². The molecule has 1 aliphatic heterocycles. The van der Waals surface area contributed by atoms with Gasteiger partial charge in [0.05, 0.1) is 5.56 Å². The van der Waals surface area contributed by atoms with Gasteiger partial charge in [0.25, 0.3) is 0 Å². The van der Waals surface area contributed by atoms with E-state index >= 15 is 0 Å². The number of aliphatic imine (C=N–C) groups is 1. The second-order valence-electron chi connectivity index (χ2n) is 4.02. The summed E-state index contributed by atoms with van der Waals surface area (Å²) in [5.41, 5.74) is 0.0273. The number of rotatable bonds is 3. The van der Waals surface area contributed by atoms with E-state index in [4.69, 9.17) is 0 Å². The second kappa shape index (κ2) is 6.53. The van der Waals surface area contributed by atoms with E-state index in [1.807, 2.05) is 0 Å². The fourth-order valence-electron chi connectivity index (χ4n) is 1.51. The minimum Gasteiger partial charge on any atom is -0.279 e. The quantitative estimate of drug-likeness (QED) is 0.600. The maximum absolute atomic E-state index is 12.5. The summed E-state index contributed by atoms with van der Waals surface area (Å²) in [6.45, 7) is 3.58. The van der Waals surface area contributed by atoms with E-state index in [9.17, 15) is 18.0 Å². The van der Waals surface area contributed by atoms with Crippen LogP contribution < -0.4 is 0 Å². The van der Waals surface area contributed by atoms with Gasteiger partial charge in [0.15, 0.2) is 0 Å². The van der Waals surface area contributed by atoms with Crippen molar-refractivity contribution in [3.05, 3.63) is 53.7 Å². The maximum atomic E-state index is 12.5. The fraction of sp³-hybridized carbons (Fsp3) is 0.143. The Balaban J connectivity index is 2.17. The Labute approximate surface area is 128 Å². The molecule has 0 radical (unpaired) electrons. The summed E-state index contributed by atoms with van der Waals surface area (Å²) in [5.74, 6) is 0.646. The van der Waals surface area contributed by atoms with Crippen LogP contribution in [0.25, 0.3) is 6.08 Å². The first-order chi connectivity index (χ1) is 9.90. The number of alkyl halides is 3. The molecule has 0 atom stereocenters. The Morgan fingerprint density at radius 2 is 1.95 bits per heavy atom. The Hall–Kier alpha value is -1.47. The zero-order valence-corrected chi connectivity index (χ0v) is 12.3. The third-order valence-corrected chi connectivity index (χ3v) is 4.47. The van der Waals surface area contributed by atoms with Crippen LogP contribution in [0.3, 0.4) is 0 Å². The molecular weight excluding hydrogens is 319 g/mol. The van der Waals surface area contributed by atoms with Gasteiger partial charge in [-0.2, -0.15) is 13.2 Å². The summed E-state index contributed by atoms with van der Waals surface area (Å²) in [6.07, 6.45) is -1.18. The monoisotopic (exact) mass is 329 g/mol. The summed E-state index contributed by atoms with van der Waals surface area (Å²) >= 11 is 2.41. The molecule has 0 spiro atoms. The number of hydrogen-bond acceptors (Lipinski definition) is 4.